The Labute approximate surface area is 62.0 Å². The molecule has 1 heterocycles. The fraction of sp³-hybridized carbons (Fsp3) is 1.00. The SMILES string of the molecule is CC1CC[Si](C)(C)N1[SiH3]. The van der Waals surface area contributed by atoms with Crippen LogP contribution >= 0.6 is 0 Å². The van der Waals surface area contributed by atoms with Gasteiger partial charge in [0.2, 0.25) is 0 Å². The van der Waals surface area contributed by atoms with Gasteiger partial charge in [-0.2, -0.15) is 0 Å². The molecule has 9 heavy (non-hydrogen) atoms. The van der Waals surface area contributed by atoms with E-state index >= 15 is 0 Å². The predicted octanol–water partition coefficient (Wildman–Crippen LogP) is 0.566. The van der Waals surface area contributed by atoms with Crippen LogP contribution in [-0.2, 0) is 0 Å². The molecule has 0 radical (unpaired) electrons. The van der Waals surface area contributed by atoms with Crippen LogP contribution in [0, 0.1) is 0 Å². The molecular weight excluding hydrogens is 142 g/mol. The van der Waals surface area contributed by atoms with Gasteiger partial charge < -0.3 is 4.23 Å². The molecule has 0 N–H and O–H groups in total. The first-order valence-electron chi connectivity index (χ1n) is 3.77. The second-order valence-electron chi connectivity index (χ2n) is 3.81. The Balaban J connectivity index is 2.62. The molecular formula is C6H17NSi2. The molecule has 0 aromatic rings. The number of hydrogen-bond donors (Lipinski definition) is 0. The van der Waals surface area contributed by atoms with Crippen LogP contribution in [-0.4, -0.2) is 28.9 Å². The van der Waals surface area contributed by atoms with Crippen LogP contribution in [0.1, 0.15) is 13.3 Å². The lowest BCUT2D eigenvalue weighted by Crippen LogP contribution is -2.44. The maximum Gasteiger partial charge on any atom is 0.115 e. The van der Waals surface area contributed by atoms with Crippen LogP contribution in [0.5, 0.6) is 0 Å². The van der Waals surface area contributed by atoms with Crippen molar-refractivity contribution in [1.29, 1.82) is 0 Å². The normalized spacial score (nSPS) is 35.7. The standard InChI is InChI=1S/C6H17NSi2/c1-6-4-5-9(2,3)7(6)8/h6H,4-5H2,1-3,8H3. The Morgan fingerprint density at radius 2 is 2.11 bits per heavy atom. The fourth-order valence-electron chi connectivity index (χ4n) is 1.53. The Hall–Kier alpha value is 0.394. The minimum atomic E-state index is -0.812. The van der Waals surface area contributed by atoms with Gasteiger partial charge >= 0.3 is 0 Å². The van der Waals surface area contributed by atoms with Gasteiger partial charge in [0, 0.05) is 0 Å². The highest BCUT2D eigenvalue weighted by atomic mass is 28.4. The lowest BCUT2D eigenvalue weighted by Gasteiger charge is -2.28. The summed E-state index contributed by atoms with van der Waals surface area (Å²) in [6, 6.07) is 2.44. The molecule has 0 saturated carbocycles. The highest BCUT2D eigenvalue weighted by molar-refractivity contribution is 6.79. The second-order valence-corrected chi connectivity index (χ2v) is 10.5. The molecule has 1 nitrogen and oxygen atoms in total. The zero-order valence-electron chi connectivity index (χ0n) is 6.94. The largest absolute Gasteiger partial charge is 0.351 e. The van der Waals surface area contributed by atoms with Crippen molar-refractivity contribution in [2.75, 3.05) is 0 Å². The predicted molar refractivity (Wildman–Crippen MR) is 48.1 cm³/mol. The maximum atomic E-state index is 2.74. The Morgan fingerprint density at radius 3 is 2.22 bits per heavy atom. The van der Waals surface area contributed by atoms with Crippen molar-refractivity contribution in [2.45, 2.75) is 38.5 Å². The van der Waals surface area contributed by atoms with Crippen LogP contribution in [0.15, 0.2) is 0 Å². The molecule has 0 amide bonds. The van der Waals surface area contributed by atoms with Gasteiger partial charge in [-0.15, -0.1) is 0 Å². The zero-order valence-corrected chi connectivity index (χ0v) is 9.94. The molecule has 0 aromatic heterocycles. The molecule has 0 spiro atoms. The summed E-state index contributed by atoms with van der Waals surface area (Å²) in [5.74, 6) is 0. The highest BCUT2D eigenvalue weighted by Crippen LogP contribution is 2.27. The quantitative estimate of drug-likeness (QED) is 0.467. The number of nitrogens with zero attached hydrogens (tertiary/aromatic N) is 1. The van der Waals surface area contributed by atoms with Crippen LogP contribution in [0.4, 0.5) is 0 Å². The molecule has 1 saturated heterocycles. The van der Waals surface area contributed by atoms with Gasteiger partial charge in [-0.25, -0.2) is 0 Å². The third kappa shape index (κ3) is 1.28. The van der Waals surface area contributed by atoms with E-state index in [-0.39, 0.29) is 0 Å². The monoisotopic (exact) mass is 159 g/mol. The van der Waals surface area contributed by atoms with Crippen molar-refractivity contribution >= 4 is 18.6 Å². The first-order chi connectivity index (χ1) is 4.04. The van der Waals surface area contributed by atoms with E-state index in [1.54, 1.807) is 0 Å². The zero-order chi connectivity index (χ0) is 7.07. The molecule has 0 aromatic carbocycles. The average molecular weight is 159 g/mol. The van der Waals surface area contributed by atoms with Gasteiger partial charge in [0.25, 0.3) is 0 Å². The summed E-state index contributed by atoms with van der Waals surface area (Å²) in [6.07, 6.45) is 1.46. The number of rotatable bonds is 0. The molecule has 54 valence electrons. The van der Waals surface area contributed by atoms with Crippen LogP contribution in [0.25, 0.3) is 0 Å². The Morgan fingerprint density at radius 1 is 1.56 bits per heavy atom. The lowest BCUT2D eigenvalue weighted by molar-refractivity contribution is 0.536. The van der Waals surface area contributed by atoms with Gasteiger partial charge in [-0.1, -0.05) is 20.0 Å². The molecule has 0 bridgehead atoms. The van der Waals surface area contributed by atoms with Crippen molar-refractivity contribution < 1.29 is 0 Å². The summed E-state index contributed by atoms with van der Waals surface area (Å²) >= 11 is 0. The summed E-state index contributed by atoms with van der Waals surface area (Å²) in [6.45, 7) is 7.35. The maximum absolute atomic E-state index is 2.74. The van der Waals surface area contributed by atoms with Crippen LogP contribution < -0.4 is 0 Å². The summed E-state index contributed by atoms with van der Waals surface area (Å²) in [4.78, 5) is 0. The fourth-order valence-corrected chi connectivity index (χ4v) is 5.26. The van der Waals surface area contributed by atoms with Gasteiger partial charge in [-0.05, 0) is 18.5 Å². The minimum absolute atomic E-state index is 0.812. The third-order valence-corrected chi connectivity index (χ3v) is 11.2. The molecule has 1 rings (SSSR count). The Bertz CT molecular complexity index is 114. The van der Waals surface area contributed by atoms with Crippen molar-refractivity contribution in [3.63, 3.8) is 0 Å². The topological polar surface area (TPSA) is 3.24 Å². The smallest absolute Gasteiger partial charge is 0.115 e. The molecule has 0 aliphatic carbocycles. The summed E-state index contributed by atoms with van der Waals surface area (Å²) in [7, 11) is 0.479. The van der Waals surface area contributed by atoms with Gasteiger partial charge in [-0.3, -0.25) is 0 Å². The summed E-state index contributed by atoms with van der Waals surface area (Å²) in [5, 5.41) is 0. The van der Waals surface area contributed by atoms with E-state index in [1.165, 1.54) is 22.9 Å². The summed E-state index contributed by atoms with van der Waals surface area (Å²) in [5.41, 5.74) is 0. The third-order valence-electron chi connectivity index (χ3n) is 2.79. The second kappa shape index (κ2) is 2.21. The van der Waals surface area contributed by atoms with Crippen molar-refractivity contribution in [1.82, 2.24) is 4.23 Å². The molecule has 1 fully saturated rings. The van der Waals surface area contributed by atoms with E-state index in [1.807, 2.05) is 0 Å². The molecule has 1 aliphatic rings. The van der Waals surface area contributed by atoms with Crippen molar-refractivity contribution in [2.24, 2.45) is 0 Å². The van der Waals surface area contributed by atoms with Crippen molar-refractivity contribution in [3.05, 3.63) is 0 Å². The first-order valence-corrected chi connectivity index (χ1v) is 7.82. The van der Waals surface area contributed by atoms with E-state index in [4.69, 9.17) is 0 Å². The van der Waals surface area contributed by atoms with Gasteiger partial charge in [0.05, 0.1) is 10.4 Å². The Kier molecular flexibility index (Phi) is 1.85. The average Bonchev–Trinajstić information content (AvgIpc) is 1.97. The lowest BCUT2D eigenvalue weighted by atomic mass is 10.3. The molecule has 1 unspecified atom stereocenters. The van der Waals surface area contributed by atoms with Crippen LogP contribution in [0.2, 0.25) is 19.1 Å². The van der Waals surface area contributed by atoms with E-state index in [9.17, 15) is 0 Å². The van der Waals surface area contributed by atoms with Crippen molar-refractivity contribution in [3.8, 4) is 0 Å². The minimum Gasteiger partial charge on any atom is -0.351 e. The first kappa shape index (κ1) is 7.50. The molecule has 3 heteroatoms. The van der Waals surface area contributed by atoms with E-state index < -0.39 is 8.24 Å². The molecule has 1 aliphatic heterocycles. The molecule has 1 atom stereocenters. The van der Waals surface area contributed by atoms with E-state index in [0.29, 0.717) is 0 Å². The van der Waals surface area contributed by atoms with E-state index in [2.05, 4.69) is 24.2 Å². The summed E-state index contributed by atoms with van der Waals surface area (Å²) < 4.78 is 2.74. The van der Waals surface area contributed by atoms with Gasteiger partial charge in [0.1, 0.15) is 8.24 Å². The van der Waals surface area contributed by atoms with E-state index in [0.717, 1.165) is 6.04 Å². The highest BCUT2D eigenvalue weighted by Gasteiger charge is 2.35. The van der Waals surface area contributed by atoms with Crippen LogP contribution in [0.3, 0.4) is 0 Å². The van der Waals surface area contributed by atoms with Gasteiger partial charge in [0.15, 0.2) is 0 Å². The number of hydrogen-bond acceptors (Lipinski definition) is 1.